The molecule has 98 valence electrons. The largest absolute Gasteiger partial charge is 0.347 e. The molecule has 0 aliphatic heterocycles. The van der Waals surface area contributed by atoms with E-state index in [1.165, 1.54) is 29.9 Å². The van der Waals surface area contributed by atoms with Gasteiger partial charge in [-0.15, -0.1) is 11.3 Å². The third kappa shape index (κ3) is 3.14. The van der Waals surface area contributed by atoms with Gasteiger partial charge in [0.15, 0.2) is 0 Å². The van der Waals surface area contributed by atoms with E-state index in [0.717, 1.165) is 5.56 Å². The molecule has 1 amide bonds. The number of halogens is 1. The van der Waals surface area contributed by atoms with Crippen LogP contribution in [0.1, 0.15) is 39.7 Å². The second kappa shape index (κ2) is 5.31. The Bertz CT molecular complexity index is 590. The molecule has 0 bridgehead atoms. The van der Waals surface area contributed by atoms with E-state index in [1.807, 2.05) is 12.3 Å². The number of hydrogen-bond donors (Lipinski definition) is 1. The summed E-state index contributed by atoms with van der Waals surface area (Å²) < 4.78 is 0.626. The van der Waals surface area contributed by atoms with Gasteiger partial charge in [-0.1, -0.05) is 17.7 Å². The maximum Gasteiger partial charge on any atom is 0.261 e. The van der Waals surface area contributed by atoms with E-state index in [2.05, 4.69) is 16.4 Å². The fraction of sp³-hybridized carbons (Fsp3) is 0.286. The van der Waals surface area contributed by atoms with Gasteiger partial charge in [0.25, 0.3) is 5.91 Å². The van der Waals surface area contributed by atoms with Crippen molar-refractivity contribution in [1.29, 1.82) is 0 Å². The number of carbonyl (C=O) groups is 1. The number of nitrogens with one attached hydrogen (secondary N) is 1. The molecule has 1 saturated carbocycles. The van der Waals surface area contributed by atoms with Gasteiger partial charge in [0.1, 0.15) is 0 Å². The van der Waals surface area contributed by atoms with E-state index in [0.29, 0.717) is 21.7 Å². The summed E-state index contributed by atoms with van der Waals surface area (Å²) in [6.45, 7) is 0.492. The smallest absolute Gasteiger partial charge is 0.261 e. The van der Waals surface area contributed by atoms with Gasteiger partial charge in [0, 0.05) is 24.4 Å². The van der Waals surface area contributed by atoms with Crippen LogP contribution in [0.4, 0.5) is 0 Å². The summed E-state index contributed by atoms with van der Waals surface area (Å²) in [5, 5.41) is 2.87. The molecule has 0 atom stereocenters. The summed E-state index contributed by atoms with van der Waals surface area (Å²) in [5.74, 6) is 0.570. The van der Waals surface area contributed by atoms with Crippen molar-refractivity contribution in [1.82, 2.24) is 10.3 Å². The van der Waals surface area contributed by atoms with Crippen molar-refractivity contribution >= 4 is 28.8 Å². The summed E-state index contributed by atoms with van der Waals surface area (Å²) in [6.07, 6.45) is 4.35. The van der Waals surface area contributed by atoms with E-state index in [1.54, 1.807) is 12.1 Å². The molecule has 0 radical (unpaired) electrons. The van der Waals surface area contributed by atoms with Gasteiger partial charge in [-0.05, 0) is 36.6 Å². The van der Waals surface area contributed by atoms with Gasteiger partial charge in [-0.3, -0.25) is 9.78 Å². The molecular weight excluding hydrogens is 280 g/mol. The Hall–Kier alpha value is -1.39. The highest BCUT2D eigenvalue weighted by molar-refractivity contribution is 7.17. The predicted octanol–water partition coefficient (Wildman–Crippen LogP) is 3.60. The Morgan fingerprint density at radius 2 is 2.21 bits per heavy atom. The molecule has 0 spiro atoms. The average Bonchev–Trinajstić information content (AvgIpc) is 3.19. The third-order valence-corrected chi connectivity index (χ3v) is 4.32. The fourth-order valence-electron chi connectivity index (χ4n) is 1.87. The molecule has 0 aromatic carbocycles. The molecule has 1 aliphatic rings. The van der Waals surface area contributed by atoms with Crippen LogP contribution in [0.2, 0.25) is 4.34 Å². The van der Waals surface area contributed by atoms with Crippen molar-refractivity contribution in [3.05, 3.63) is 50.9 Å². The molecule has 19 heavy (non-hydrogen) atoms. The molecular formula is C14H13ClN2OS. The SMILES string of the molecule is O=C(NCc1ccc(C2CC2)nc1)c1ccc(Cl)s1. The Morgan fingerprint density at radius 1 is 1.37 bits per heavy atom. The molecule has 0 saturated heterocycles. The zero-order valence-corrected chi connectivity index (χ0v) is 11.8. The number of carbonyl (C=O) groups excluding carboxylic acids is 1. The van der Waals surface area contributed by atoms with Crippen molar-refractivity contribution in [2.45, 2.75) is 25.3 Å². The van der Waals surface area contributed by atoms with Crippen LogP contribution in [0.15, 0.2) is 30.5 Å². The molecule has 2 heterocycles. The minimum absolute atomic E-state index is 0.0943. The Labute approximate surface area is 120 Å². The minimum Gasteiger partial charge on any atom is -0.347 e. The standard InChI is InChI=1S/C14H13ClN2OS/c15-13-6-5-12(19-13)14(18)17-8-9-1-4-11(16-7-9)10-2-3-10/h1,4-7,10H,2-3,8H2,(H,17,18). The van der Waals surface area contributed by atoms with Crippen molar-refractivity contribution in [2.75, 3.05) is 0 Å². The lowest BCUT2D eigenvalue weighted by atomic mass is 10.2. The van der Waals surface area contributed by atoms with Crippen molar-refractivity contribution < 1.29 is 4.79 Å². The maximum absolute atomic E-state index is 11.8. The molecule has 1 fully saturated rings. The molecule has 5 heteroatoms. The normalized spacial score (nSPS) is 14.4. The van der Waals surface area contributed by atoms with Gasteiger partial charge in [-0.2, -0.15) is 0 Å². The highest BCUT2D eigenvalue weighted by Crippen LogP contribution is 2.38. The van der Waals surface area contributed by atoms with E-state index < -0.39 is 0 Å². The lowest BCUT2D eigenvalue weighted by Crippen LogP contribution is -2.21. The fourth-order valence-corrected chi connectivity index (χ4v) is 2.83. The highest BCUT2D eigenvalue weighted by atomic mass is 35.5. The van der Waals surface area contributed by atoms with Crippen LogP contribution in [-0.2, 0) is 6.54 Å². The molecule has 2 aromatic heterocycles. The van der Waals surface area contributed by atoms with Crippen LogP contribution in [0.5, 0.6) is 0 Å². The number of thiophene rings is 1. The third-order valence-electron chi connectivity index (χ3n) is 3.09. The first-order valence-corrected chi connectivity index (χ1v) is 7.40. The number of amides is 1. The first-order valence-electron chi connectivity index (χ1n) is 6.21. The summed E-state index contributed by atoms with van der Waals surface area (Å²) in [7, 11) is 0. The summed E-state index contributed by atoms with van der Waals surface area (Å²) in [6, 6.07) is 7.55. The monoisotopic (exact) mass is 292 g/mol. The van der Waals surface area contributed by atoms with Crippen molar-refractivity contribution in [3.63, 3.8) is 0 Å². The van der Waals surface area contributed by atoms with Crippen molar-refractivity contribution in [3.8, 4) is 0 Å². The lowest BCUT2D eigenvalue weighted by molar-refractivity contribution is 0.0955. The number of rotatable bonds is 4. The summed E-state index contributed by atoms with van der Waals surface area (Å²) in [5.41, 5.74) is 2.18. The van der Waals surface area contributed by atoms with Crippen molar-refractivity contribution in [2.24, 2.45) is 0 Å². The number of nitrogens with zero attached hydrogens (tertiary/aromatic N) is 1. The molecule has 3 nitrogen and oxygen atoms in total. The average molecular weight is 293 g/mol. The number of pyridine rings is 1. The number of aromatic nitrogens is 1. The minimum atomic E-state index is -0.0943. The zero-order chi connectivity index (χ0) is 13.2. The Balaban J connectivity index is 1.57. The maximum atomic E-state index is 11.8. The lowest BCUT2D eigenvalue weighted by Gasteiger charge is -2.04. The summed E-state index contributed by atoms with van der Waals surface area (Å²) in [4.78, 5) is 16.9. The second-order valence-corrected chi connectivity index (χ2v) is 6.37. The van der Waals surface area contributed by atoms with Gasteiger partial charge >= 0.3 is 0 Å². The van der Waals surface area contributed by atoms with Crippen LogP contribution in [0, 0.1) is 0 Å². The molecule has 2 aromatic rings. The first-order chi connectivity index (χ1) is 9.22. The van der Waals surface area contributed by atoms with Crippen LogP contribution < -0.4 is 5.32 Å². The van der Waals surface area contributed by atoms with Crippen LogP contribution in [0.25, 0.3) is 0 Å². The molecule has 0 unspecified atom stereocenters. The van der Waals surface area contributed by atoms with Gasteiger partial charge in [0.05, 0.1) is 9.21 Å². The first kappa shape index (κ1) is 12.6. The summed E-state index contributed by atoms with van der Waals surface area (Å²) >= 11 is 7.09. The Kier molecular flexibility index (Phi) is 3.53. The second-order valence-electron chi connectivity index (χ2n) is 4.65. The van der Waals surface area contributed by atoms with Crippen LogP contribution in [0.3, 0.4) is 0 Å². The van der Waals surface area contributed by atoms with Gasteiger partial charge < -0.3 is 5.32 Å². The topological polar surface area (TPSA) is 42.0 Å². The zero-order valence-electron chi connectivity index (χ0n) is 10.2. The van der Waals surface area contributed by atoms with E-state index in [4.69, 9.17) is 11.6 Å². The quantitative estimate of drug-likeness (QED) is 0.935. The molecule has 1 aliphatic carbocycles. The van der Waals surface area contributed by atoms with Crippen LogP contribution in [-0.4, -0.2) is 10.9 Å². The van der Waals surface area contributed by atoms with Gasteiger partial charge in [-0.25, -0.2) is 0 Å². The van der Waals surface area contributed by atoms with E-state index in [-0.39, 0.29) is 5.91 Å². The molecule has 1 N–H and O–H groups in total. The van der Waals surface area contributed by atoms with E-state index >= 15 is 0 Å². The van der Waals surface area contributed by atoms with Gasteiger partial charge in [0.2, 0.25) is 0 Å². The number of hydrogen-bond acceptors (Lipinski definition) is 3. The van der Waals surface area contributed by atoms with Crippen LogP contribution >= 0.6 is 22.9 Å². The molecule has 3 rings (SSSR count). The highest BCUT2D eigenvalue weighted by Gasteiger charge is 2.24. The predicted molar refractivity (Wildman–Crippen MR) is 76.7 cm³/mol. The van der Waals surface area contributed by atoms with E-state index in [9.17, 15) is 4.79 Å². The Morgan fingerprint density at radius 3 is 2.79 bits per heavy atom.